The lowest BCUT2D eigenvalue weighted by Gasteiger charge is -2.16. The van der Waals surface area contributed by atoms with Crippen LogP contribution in [0, 0.1) is 0 Å². The van der Waals surface area contributed by atoms with E-state index in [1.165, 1.54) is 0 Å². The zero-order valence-corrected chi connectivity index (χ0v) is 11.5. The summed E-state index contributed by atoms with van der Waals surface area (Å²) < 4.78 is 5.61. The molecule has 0 amide bonds. The molecule has 0 spiro atoms. The smallest absolute Gasteiger partial charge is 0.132 e. The Morgan fingerprint density at radius 2 is 2.06 bits per heavy atom. The third kappa shape index (κ3) is 5.44. The molecule has 1 aromatic rings. The van der Waals surface area contributed by atoms with Crippen molar-refractivity contribution in [2.45, 2.75) is 30.9 Å². The van der Waals surface area contributed by atoms with E-state index in [1.807, 2.05) is 30.5 Å². The first-order valence-electron chi connectivity index (χ1n) is 5.80. The van der Waals surface area contributed by atoms with Gasteiger partial charge in [-0.05, 0) is 18.4 Å². The molecule has 0 saturated carbocycles. The maximum atomic E-state index is 9.73. The van der Waals surface area contributed by atoms with Gasteiger partial charge in [-0.3, -0.25) is 0 Å². The van der Waals surface area contributed by atoms with Gasteiger partial charge in [0.25, 0.3) is 0 Å². The molecule has 1 aromatic carbocycles. The van der Waals surface area contributed by atoms with Crippen molar-refractivity contribution in [2.75, 3.05) is 19.4 Å². The molecule has 0 radical (unpaired) electrons. The first-order valence-corrected chi connectivity index (χ1v) is 7.03. The zero-order valence-electron chi connectivity index (χ0n) is 10.6. The van der Waals surface area contributed by atoms with E-state index < -0.39 is 6.10 Å². The predicted molar refractivity (Wildman–Crippen MR) is 72.9 cm³/mol. The minimum atomic E-state index is -0.479. The maximum Gasteiger partial charge on any atom is 0.132 e. The molecule has 4 heteroatoms. The molecule has 0 aliphatic rings. The summed E-state index contributed by atoms with van der Waals surface area (Å²) in [5, 5.41) is 12.9. The van der Waals surface area contributed by atoms with E-state index in [1.54, 1.807) is 11.8 Å². The highest BCUT2D eigenvalue weighted by atomic mass is 32.2. The Balaban J connectivity index is 2.39. The third-order valence-corrected chi connectivity index (χ3v) is 3.04. The molecule has 3 nitrogen and oxygen atoms in total. The molecule has 0 aliphatic heterocycles. The first kappa shape index (κ1) is 14.4. The molecular formula is C13H21NO2S. The fourth-order valence-electron chi connectivity index (χ4n) is 1.35. The molecule has 0 saturated heterocycles. The number of para-hydroxylation sites is 1. The Morgan fingerprint density at radius 1 is 1.35 bits per heavy atom. The Kier molecular flexibility index (Phi) is 6.40. The van der Waals surface area contributed by atoms with Gasteiger partial charge in [0.1, 0.15) is 18.5 Å². The Bertz CT molecular complexity index is 331. The molecule has 1 rings (SSSR count). The van der Waals surface area contributed by atoms with Gasteiger partial charge in [0.2, 0.25) is 0 Å². The van der Waals surface area contributed by atoms with E-state index >= 15 is 0 Å². The summed E-state index contributed by atoms with van der Waals surface area (Å²) in [4.78, 5) is 1.09. The van der Waals surface area contributed by atoms with E-state index in [0.717, 1.165) is 10.6 Å². The maximum absolute atomic E-state index is 9.73. The number of aliphatic hydroxyl groups is 1. The van der Waals surface area contributed by atoms with E-state index in [9.17, 15) is 5.11 Å². The van der Waals surface area contributed by atoms with E-state index in [-0.39, 0.29) is 0 Å². The van der Waals surface area contributed by atoms with Crippen LogP contribution in [0.15, 0.2) is 29.2 Å². The number of hydrogen-bond acceptors (Lipinski definition) is 4. The minimum Gasteiger partial charge on any atom is -0.490 e. The van der Waals surface area contributed by atoms with Crippen LogP contribution in [0.1, 0.15) is 13.8 Å². The summed E-state index contributed by atoms with van der Waals surface area (Å²) in [5.74, 6) is 0.837. The van der Waals surface area contributed by atoms with Crippen molar-refractivity contribution in [3.05, 3.63) is 24.3 Å². The summed E-state index contributed by atoms with van der Waals surface area (Å²) in [6.45, 7) is 4.98. The molecule has 2 N–H and O–H groups in total. The lowest BCUT2D eigenvalue weighted by Crippen LogP contribution is -2.35. The molecular weight excluding hydrogens is 234 g/mol. The number of ether oxygens (including phenoxy) is 1. The molecule has 96 valence electrons. The largest absolute Gasteiger partial charge is 0.490 e. The number of aliphatic hydroxyl groups excluding tert-OH is 1. The number of rotatable bonds is 7. The molecule has 0 fully saturated rings. The van der Waals surface area contributed by atoms with Crippen LogP contribution in [0.4, 0.5) is 0 Å². The fourth-order valence-corrected chi connectivity index (χ4v) is 1.90. The van der Waals surface area contributed by atoms with Gasteiger partial charge in [-0.15, -0.1) is 11.8 Å². The van der Waals surface area contributed by atoms with Crippen LogP contribution in [0.5, 0.6) is 5.75 Å². The van der Waals surface area contributed by atoms with Crippen LogP contribution in [-0.4, -0.2) is 36.7 Å². The highest BCUT2D eigenvalue weighted by Crippen LogP contribution is 2.26. The molecule has 0 bridgehead atoms. The summed E-state index contributed by atoms with van der Waals surface area (Å²) in [6, 6.07) is 8.24. The quantitative estimate of drug-likeness (QED) is 0.733. The predicted octanol–water partition coefficient (Wildman–Crippen LogP) is 2.15. The van der Waals surface area contributed by atoms with Gasteiger partial charge in [-0.2, -0.15) is 0 Å². The molecule has 0 aromatic heterocycles. The second-order valence-corrected chi connectivity index (χ2v) is 5.03. The van der Waals surface area contributed by atoms with E-state index in [4.69, 9.17) is 4.74 Å². The van der Waals surface area contributed by atoms with Gasteiger partial charge in [0, 0.05) is 17.5 Å². The summed E-state index contributed by atoms with van der Waals surface area (Å²) in [7, 11) is 0. The van der Waals surface area contributed by atoms with Gasteiger partial charge >= 0.3 is 0 Å². The van der Waals surface area contributed by atoms with Crippen LogP contribution in [0.25, 0.3) is 0 Å². The summed E-state index contributed by atoms with van der Waals surface area (Å²) in [5.41, 5.74) is 0. The summed E-state index contributed by atoms with van der Waals surface area (Å²) in [6.07, 6.45) is 1.53. The Labute approximate surface area is 108 Å². The van der Waals surface area contributed by atoms with Gasteiger partial charge in [-0.25, -0.2) is 0 Å². The van der Waals surface area contributed by atoms with Crippen molar-refractivity contribution in [1.82, 2.24) is 5.32 Å². The van der Waals surface area contributed by atoms with E-state index in [2.05, 4.69) is 19.2 Å². The average Bonchev–Trinajstić information content (AvgIpc) is 2.34. The van der Waals surface area contributed by atoms with Crippen molar-refractivity contribution in [3.8, 4) is 5.75 Å². The van der Waals surface area contributed by atoms with Crippen molar-refractivity contribution >= 4 is 11.8 Å². The summed E-state index contributed by atoms with van der Waals surface area (Å²) >= 11 is 1.64. The SMILES string of the molecule is CSc1ccccc1OC[C@H](O)CNC(C)C. The van der Waals surface area contributed by atoms with Crippen molar-refractivity contribution < 1.29 is 9.84 Å². The lowest BCUT2D eigenvalue weighted by atomic mass is 10.3. The standard InChI is InChI=1S/C13H21NO2S/c1-10(2)14-8-11(15)9-16-12-6-4-5-7-13(12)17-3/h4-7,10-11,14-15H,8-9H2,1-3H3/t11-/m1/s1. The van der Waals surface area contributed by atoms with Crippen LogP contribution in [0.3, 0.4) is 0 Å². The van der Waals surface area contributed by atoms with Crippen LogP contribution < -0.4 is 10.1 Å². The second kappa shape index (κ2) is 7.58. The minimum absolute atomic E-state index is 0.317. The van der Waals surface area contributed by atoms with Crippen molar-refractivity contribution in [1.29, 1.82) is 0 Å². The molecule has 0 aliphatic carbocycles. The number of hydrogen-bond donors (Lipinski definition) is 2. The fraction of sp³-hybridized carbons (Fsp3) is 0.538. The number of nitrogens with one attached hydrogen (secondary N) is 1. The van der Waals surface area contributed by atoms with Crippen LogP contribution >= 0.6 is 11.8 Å². The monoisotopic (exact) mass is 255 g/mol. The average molecular weight is 255 g/mol. The van der Waals surface area contributed by atoms with Crippen LogP contribution in [0.2, 0.25) is 0 Å². The van der Waals surface area contributed by atoms with E-state index in [0.29, 0.717) is 19.2 Å². The first-order chi connectivity index (χ1) is 8.13. The molecule has 0 unspecified atom stereocenters. The molecule has 0 heterocycles. The number of thioether (sulfide) groups is 1. The highest BCUT2D eigenvalue weighted by molar-refractivity contribution is 7.98. The lowest BCUT2D eigenvalue weighted by molar-refractivity contribution is 0.103. The second-order valence-electron chi connectivity index (χ2n) is 4.18. The molecule has 1 atom stereocenters. The van der Waals surface area contributed by atoms with Gasteiger partial charge in [0.15, 0.2) is 0 Å². The zero-order chi connectivity index (χ0) is 12.7. The van der Waals surface area contributed by atoms with Gasteiger partial charge < -0.3 is 15.2 Å². The molecule has 17 heavy (non-hydrogen) atoms. The van der Waals surface area contributed by atoms with Gasteiger partial charge in [-0.1, -0.05) is 26.0 Å². The number of benzene rings is 1. The van der Waals surface area contributed by atoms with Gasteiger partial charge in [0.05, 0.1) is 0 Å². The topological polar surface area (TPSA) is 41.5 Å². The normalized spacial score (nSPS) is 12.8. The van der Waals surface area contributed by atoms with Crippen LogP contribution in [-0.2, 0) is 0 Å². The van der Waals surface area contributed by atoms with Crippen molar-refractivity contribution in [2.24, 2.45) is 0 Å². The van der Waals surface area contributed by atoms with Crippen molar-refractivity contribution in [3.63, 3.8) is 0 Å². The third-order valence-electron chi connectivity index (χ3n) is 2.26. The highest BCUT2D eigenvalue weighted by Gasteiger charge is 2.07. The Hall–Kier alpha value is -0.710. The Morgan fingerprint density at radius 3 is 2.71 bits per heavy atom.